The van der Waals surface area contributed by atoms with E-state index in [9.17, 15) is 4.79 Å². The van der Waals surface area contributed by atoms with Gasteiger partial charge in [0, 0.05) is 12.0 Å². The number of carbonyl (C=O) groups excluding carboxylic acids is 1. The molecular formula is C11H17NO2. The van der Waals surface area contributed by atoms with Crippen LogP contribution < -0.4 is 5.32 Å². The standard InChI is InChI=1S/C11H17NO2/c1-11(5-6-12-8-11)10(13)9-4-2-3-7-14-9/h4,12H,2-3,5-8H2,1H3. The first-order valence-corrected chi connectivity index (χ1v) is 5.31. The normalized spacial score (nSPS) is 32.2. The summed E-state index contributed by atoms with van der Waals surface area (Å²) < 4.78 is 5.40. The summed E-state index contributed by atoms with van der Waals surface area (Å²) >= 11 is 0. The molecular weight excluding hydrogens is 178 g/mol. The van der Waals surface area contributed by atoms with E-state index >= 15 is 0 Å². The van der Waals surface area contributed by atoms with Crippen molar-refractivity contribution in [2.75, 3.05) is 19.7 Å². The van der Waals surface area contributed by atoms with Crippen LogP contribution in [0, 0.1) is 5.41 Å². The van der Waals surface area contributed by atoms with E-state index in [0.717, 1.165) is 32.4 Å². The number of ether oxygens (including phenoxy) is 1. The lowest BCUT2D eigenvalue weighted by Crippen LogP contribution is -2.32. The van der Waals surface area contributed by atoms with Crippen LogP contribution in [0.2, 0.25) is 0 Å². The van der Waals surface area contributed by atoms with Crippen molar-refractivity contribution in [3.05, 3.63) is 11.8 Å². The minimum atomic E-state index is -0.233. The average Bonchev–Trinajstić information content (AvgIpc) is 2.67. The van der Waals surface area contributed by atoms with Crippen molar-refractivity contribution in [1.29, 1.82) is 0 Å². The molecule has 1 unspecified atom stereocenters. The third-order valence-corrected chi connectivity index (χ3v) is 3.08. The zero-order chi connectivity index (χ0) is 10.0. The highest BCUT2D eigenvalue weighted by Crippen LogP contribution is 2.30. The second-order valence-corrected chi connectivity index (χ2v) is 4.38. The Labute approximate surface area is 84.5 Å². The van der Waals surface area contributed by atoms with Crippen LogP contribution >= 0.6 is 0 Å². The molecule has 0 amide bonds. The predicted octanol–water partition coefficient (Wildman–Crippen LogP) is 1.25. The molecule has 0 aromatic heterocycles. The Hall–Kier alpha value is -0.830. The van der Waals surface area contributed by atoms with Crippen LogP contribution in [0.4, 0.5) is 0 Å². The predicted molar refractivity (Wildman–Crippen MR) is 53.9 cm³/mol. The van der Waals surface area contributed by atoms with Crippen LogP contribution in [0.3, 0.4) is 0 Å². The van der Waals surface area contributed by atoms with Gasteiger partial charge in [-0.15, -0.1) is 0 Å². The Kier molecular flexibility index (Phi) is 2.59. The second-order valence-electron chi connectivity index (χ2n) is 4.38. The summed E-state index contributed by atoms with van der Waals surface area (Å²) in [5.74, 6) is 0.782. The number of ketones is 1. The Morgan fingerprint density at radius 2 is 2.50 bits per heavy atom. The van der Waals surface area contributed by atoms with Crippen LogP contribution in [0.1, 0.15) is 26.2 Å². The summed E-state index contributed by atoms with van der Waals surface area (Å²) in [6.45, 7) is 4.44. The SMILES string of the molecule is CC1(C(=O)C2=CCCCO2)CCNC1. The molecule has 0 bridgehead atoms. The topological polar surface area (TPSA) is 38.3 Å². The molecule has 2 rings (SSSR count). The minimum absolute atomic E-state index is 0.183. The zero-order valence-electron chi connectivity index (χ0n) is 8.64. The number of allylic oxidation sites excluding steroid dienone is 2. The maximum absolute atomic E-state index is 12.1. The van der Waals surface area contributed by atoms with Crippen molar-refractivity contribution in [1.82, 2.24) is 5.32 Å². The zero-order valence-corrected chi connectivity index (χ0v) is 8.64. The van der Waals surface area contributed by atoms with Crippen molar-refractivity contribution in [3.63, 3.8) is 0 Å². The Morgan fingerprint density at radius 1 is 1.64 bits per heavy atom. The smallest absolute Gasteiger partial charge is 0.204 e. The molecule has 1 fully saturated rings. The fourth-order valence-electron chi connectivity index (χ4n) is 2.02. The molecule has 0 aliphatic carbocycles. The Balaban J connectivity index is 2.10. The van der Waals surface area contributed by atoms with E-state index in [-0.39, 0.29) is 11.2 Å². The van der Waals surface area contributed by atoms with Gasteiger partial charge in [-0.3, -0.25) is 4.79 Å². The average molecular weight is 195 g/mol. The fourth-order valence-corrected chi connectivity index (χ4v) is 2.02. The van der Waals surface area contributed by atoms with Crippen LogP contribution in [0.5, 0.6) is 0 Å². The lowest BCUT2D eigenvalue weighted by Gasteiger charge is -2.24. The van der Waals surface area contributed by atoms with Crippen molar-refractivity contribution < 1.29 is 9.53 Å². The van der Waals surface area contributed by atoms with Crippen LogP contribution in [-0.2, 0) is 9.53 Å². The molecule has 3 heteroatoms. The lowest BCUT2D eigenvalue weighted by molar-refractivity contribution is -0.127. The summed E-state index contributed by atoms with van der Waals surface area (Å²) in [6.07, 6.45) is 4.87. The molecule has 1 N–H and O–H groups in total. The van der Waals surface area contributed by atoms with Crippen molar-refractivity contribution in [2.24, 2.45) is 5.41 Å². The molecule has 0 aromatic carbocycles. The van der Waals surface area contributed by atoms with Gasteiger partial charge in [-0.1, -0.05) is 6.92 Å². The van der Waals surface area contributed by atoms with Gasteiger partial charge in [0.25, 0.3) is 0 Å². The number of hydrogen-bond donors (Lipinski definition) is 1. The van der Waals surface area contributed by atoms with E-state index in [1.165, 1.54) is 0 Å². The third-order valence-electron chi connectivity index (χ3n) is 3.08. The quantitative estimate of drug-likeness (QED) is 0.720. The molecule has 2 heterocycles. The van der Waals surface area contributed by atoms with Crippen molar-refractivity contribution in [3.8, 4) is 0 Å². The molecule has 0 radical (unpaired) electrons. The Morgan fingerprint density at radius 3 is 3.07 bits per heavy atom. The van der Waals surface area contributed by atoms with Gasteiger partial charge in [-0.05, 0) is 31.9 Å². The summed E-state index contributed by atoms with van der Waals surface area (Å²) in [4.78, 5) is 12.1. The first kappa shape index (κ1) is 9.71. The van der Waals surface area contributed by atoms with Gasteiger partial charge in [0.15, 0.2) is 5.76 Å². The maximum atomic E-state index is 12.1. The van der Waals surface area contributed by atoms with Crippen LogP contribution in [0.15, 0.2) is 11.8 Å². The van der Waals surface area contributed by atoms with E-state index in [2.05, 4.69) is 5.32 Å². The highest BCUT2D eigenvalue weighted by Gasteiger charge is 2.38. The largest absolute Gasteiger partial charge is 0.490 e. The monoisotopic (exact) mass is 195 g/mol. The van der Waals surface area contributed by atoms with Gasteiger partial charge in [-0.2, -0.15) is 0 Å². The molecule has 1 atom stereocenters. The highest BCUT2D eigenvalue weighted by molar-refractivity contribution is 5.98. The van der Waals surface area contributed by atoms with Crippen LogP contribution in [-0.4, -0.2) is 25.5 Å². The van der Waals surface area contributed by atoms with Crippen molar-refractivity contribution >= 4 is 5.78 Å². The maximum Gasteiger partial charge on any atom is 0.204 e. The van der Waals surface area contributed by atoms with Gasteiger partial charge in [0.05, 0.1) is 6.61 Å². The van der Waals surface area contributed by atoms with E-state index in [4.69, 9.17) is 4.74 Å². The molecule has 2 aliphatic rings. The number of nitrogens with one attached hydrogen (secondary N) is 1. The number of carbonyl (C=O) groups is 1. The van der Waals surface area contributed by atoms with Crippen molar-refractivity contribution in [2.45, 2.75) is 26.2 Å². The molecule has 0 aromatic rings. The van der Waals surface area contributed by atoms with Gasteiger partial charge in [0.2, 0.25) is 5.78 Å². The van der Waals surface area contributed by atoms with Crippen LogP contribution in [0.25, 0.3) is 0 Å². The summed E-state index contributed by atoms with van der Waals surface area (Å²) in [7, 11) is 0. The van der Waals surface area contributed by atoms with Gasteiger partial charge in [-0.25, -0.2) is 0 Å². The first-order valence-electron chi connectivity index (χ1n) is 5.31. The molecule has 14 heavy (non-hydrogen) atoms. The van der Waals surface area contributed by atoms with Gasteiger partial charge < -0.3 is 10.1 Å². The highest BCUT2D eigenvalue weighted by atomic mass is 16.5. The third kappa shape index (κ3) is 1.69. The number of Topliss-reactive ketones (excluding diaryl/α,β-unsaturated/α-hetero) is 1. The molecule has 0 spiro atoms. The summed E-state index contributed by atoms with van der Waals surface area (Å²) in [6, 6.07) is 0. The van der Waals surface area contributed by atoms with Gasteiger partial charge >= 0.3 is 0 Å². The molecule has 0 saturated carbocycles. The lowest BCUT2D eigenvalue weighted by atomic mass is 9.83. The number of rotatable bonds is 2. The number of hydrogen-bond acceptors (Lipinski definition) is 3. The summed E-state index contributed by atoms with van der Waals surface area (Å²) in [5.41, 5.74) is -0.233. The van der Waals surface area contributed by atoms with E-state index < -0.39 is 0 Å². The molecule has 3 nitrogen and oxygen atoms in total. The Bertz CT molecular complexity index is 264. The van der Waals surface area contributed by atoms with E-state index in [0.29, 0.717) is 12.4 Å². The fraction of sp³-hybridized carbons (Fsp3) is 0.727. The second kappa shape index (κ2) is 3.73. The van der Waals surface area contributed by atoms with E-state index in [1.54, 1.807) is 0 Å². The minimum Gasteiger partial charge on any atom is -0.490 e. The molecule has 2 aliphatic heterocycles. The van der Waals surface area contributed by atoms with Gasteiger partial charge in [0.1, 0.15) is 0 Å². The summed E-state index contributed by atoms with van der Waals surface area (Å²) in [5, 5.41) is 3.23. The van der Waals surface area contributed by atoms with E-state index in [1.807, 2.05) is 13.0 Å². The molecule has 78 valence electrons. The first-order chi connectivity index (χ1) is 6.72. The molecule has 1 saturated heterocycles.